The van der Waals surface area contributed by atoms with Crippen LogP contribution in [0, 0.1) is 5.82 Å². The minimum atomic E-state index is -0.706. The van der Waals surface area contributed by atoms with Crippen LogP contribution in [0.1, 0.15) is 20.8 Å². The zero-order valence-corrected chi connectivity index (χ0v) is 18.7. The number of nitrogens with zero attached hydrogens (tertiary/aromatic N) is 5. The van der Waals surface area contributed by atoms with Gasteiger partial charge in [0.1, 0.15) is 16.7 Å². The Morgan fingerprint density at radius 3 is 2.38 bits per heavy atom. The predicted molar refractivity (Wildman–Crippen MR) is 113 cm³/mol. The molecule has 2 aromatic heterocycles. The van der Waals surface area contributed by atoms with Crippen LogP contribution in [-0.2, 0) is 4.74 Å². The molecule has 0 bridgehead atoms. The van der Waals surface area contributed by atoms with Crippen LogP contribution < -0.4 is 9.64 Å². The standard InChI is InChI=1S/C16H19ClFN5O3S.C2H6/c1-4-27-15-19-11-9(14(25-2)20-12(17)10(11)18)13(21-15)22-5-7-23(8-6-22)16(24)26-3;1-2/h4-8H2,1-3H3;1-2H3. The van der Waals surface area contributed by atoms with Crippen molar-refractivity contribution in [3.05, 3.63) is 11.0 Å². The van der Waals surface area contributed by atoms with Gasteiger partial charge in [0.05, 0.1) is 14.2 Å². The summed E-state index contributed by atoms with van der Waals surface area (Å²) in [5.41, 5.74) is 0.0724. The Labute approximate surface area is 178 Å². The van der Waals surface area contributed by atoms with E-state index in [9.17, 15) is 9.18 Å². The fourth-order valence-electron chi connectivity index (χ4n) is 2.88. The third-order valence-corrected chi connectivity index (χ3v) is 5.13. The normalized spacial score (nSPS) is 13.8. The SMILES string of the molecule is CC.CCSc1nc(N2CCN(C(=O)OC)CC2)c2c(OC)nc(Cl)c(F)c2n1. The zero-order valence-electron chi connectivity index (χ0n) is 17.2. The number of aromatic nitrogens is 3. The summed E-state index contributed by atoms with van der Waals surface area (Å²) >= 11 is 7.31. The lowest BCUT2D eigenvalue weighted by Gasteiger charge is -2.35. The first-order chi connectivity index (χ1) is 14.0. The highest BCUT2D eigenvalue weighted by Crippen LogP contribution is 2.36. The maximum absolute atomic E-state index is 14.7. The molecule has 1 saturated heterocycles. The molecule has 2 aromatic rings. The molecule has 0 aromatic carbocycles. The van der Waals surface area contributed by atoms with Gasteiger partial charge in [-0.3, -0.25) is 0 Å². The highest BCUT2D eigenvalue weighted by molar-refractivity contribution is 7.99. The van der Waals surface area contributed by atoms with E-state index in [0.29, 0.717) is 42.5 Å². The van der Waals surface area contributed by atoms with Gasteiger partial charge in [-0.1, -0.05) is 44.1 Å². The van der Waals surface area contributed by atoms with Gasteiger partial charge in [0.15, 0.2) is 16.1 Å². The average Bonchev–Trinajstić information content (AvgIpc) is 2.77. The lowest BCUT2D eigenvalue weighted by molar-refractivity contribution is 0.121. The van der Waals surface area contributed by atoms with E-state index in [1.54, 1.807) is 4.90 Å². The topological polar surface area (TPSA) is 80.7 Å². The van der Waals surface area contributed by atoms with E-state index >= 15 is 0 Å². The Balaban J connectivity index is 0.00000145. The Hall–Kier alpha value is -2.07. The van der Waals surface area contributed by atoms with Crippen molar-refractivity contribution >= 4 is 46.2 Å². The van der Waals surface area contributed by atoms with Crippen LogP contribution in [0.25, 0.3) is 10.9 Å². The lowest BCUT2D eigenvalue weighted by Crippen LogP contribution is -2.49. The van der Waals surface area contributed by atoms with Crippen molar-refractivity contribution in [2.45, 2.75) is 25.9 Å². The largest absolute Gasteiger partial charge is 0.480 e. The number of ether oxygens (including phenoxy) is 2. The third-order valence-electron chi connectivity index (χ3n) is 4.15. The second-order valence-electron chi connectivity index (χ2n) is 5.66. The van der Waals surface area contributed by atoms with Gasteiger partial charge in [-0.05, 0) is 5.75 Å². The Bertz CT molecular complexity index is 865. The lowest BCUT2D eigenvalue weighted by atomic mass is 10.2. The van der Waals surface area contributed by atoms with Gasteiger partial charge in [0, 0.05) is 26.2 Å². The molecule has 160 valence electrons. The van der Waals surface area contributed by atoms with Gasteiger partial charge >= 0.3 is 6.09 Å². The highest BCUT2D eigenvalue weighted by atomic mass is 35.5. The van der Waals surface area contributed by atoms with Gasteiger partial charge in [0.25, 0.3) is 0 Å². The summed E-state index contributed by atoms with van der Waals surface area (Å²) in [6, 6.07) is 0. The monoisotopic (exact) mass is 445 g/mol. The fraction of sp³-hybridized carbons (Fsp3) is 0.556. The molecule has 11 heteroatoms. The van der Waals surface area contributed by atoms with Crippen molar-refractivity contribution < 1.29 is 18.7 Å². The molecule has 8 nitrogen and oxygen atoms in total. The predicted octanol–water partition coefficient (Wildman–Crippen LogP) is 3.85. The van der Waals surface area contributed by atoms with Crippen molar-refractivity contribution in [3.63, 3.8) is 0 Å². The van der Waals surface area contributed by atoms with Gasteiger partial charge in [0.2, 0.25) is 5.88 Å². The first-order valence-electron chi connectivity index (χ1n) is 9.31. The van der Waals surface area contributed by atoms with Crippen molar-refractivity contribution in [1.82, 2.24) is 19.9 Å². The van der Waals surface area contributed by atoms with Crippen LogP contribution in [0.2, 0.25) is 5.15 Å². The second-order valence-corrected chi connectivity index (χ2v) is 7.25. The molecule has 0 aliphatic carbocycles. The van der Waals surface area contributed by atoms with Crippen molar-refractivity contribution in [2.75, 3.05) is 51.1 Å². The maximum atomic E-state index is 14.7. The first kappa shape index (κ1) is 23.2. The molecule has 0 radical (unpaired) electrons. The molecular weight excluding hydrogens is 421 g/mol. The summed E-state index contributed by atoms with van der Waals surface area (Å²) in [5.74, 6) is 0.705. The van der Waals surface area contributed by atoms with E-state index in [0.717, 1.165) is 5.75 Å². The summed E-state index contributed by atoms with van der Waals surface area (Å²) in [5, 5.41) is 0.511. The van der Waals surface area contributed by atoms with Crippen LogP contribution in [0.15, 0.2) is 5.16 Å². The van der Waals surface area contributed by atoms with E-state index in [2.05, 4.69) is 15.0 Å². The van der Waals surface area contributed by atoms with Crippen molar-refractivity contribution in [2.24, 2.45) is 0 Å². The number of carbonyl (C=O) groups is 1. The van der Waals surface area contributed by atoms with Crippen LogP contribution >= 0.6 is 23.4 Å². The van der Waals surface area contributed by atoms with E-state index < -0.39 is 5.82 Å². The summed E-state index contributed by atoms with van der Waals surface area (Å²) in [6.07, 6.45) is -0.374. The smallest absolute Gasteiger partial charge is 0.409 e. The van der Waals surface area contributed by atoms with Gasteiger partial charge in [-0.2, -0.15) is 4.98 Å². The number of hydrogen-bond acceptors (Lipinski definition) is 8. The van der Waals surface area contributed by atoms with Crippen LogP contribution in [0.3, 0.4) is 0 Å². The van der Waals surface area contributed by atoms with Gasteiger partial charge < -0.3 is 19.3 Å². The maximum Gasteiger partial charge on any atom is 0.409 e. The second kappa shape index (κ2) is 10.6. The number of rotatable bonds is 4. The number of hydrogen-bond donors (Lipinski definition) is 0. The molecule has 0 atom stereocenters. The van der Waals surface area contributed by atoms with Gasteiger partial charge in [-0.25, -0.2) is 19.2 Å². The quantitative estimate of drug-likeness (QED) is 0.398. The minimum absolute atomic E-state index is 0.0724. The molecule has 3 heterocycles. The summed E-state index contributed by atoms with van der Waals surface area (Å²) in [6.45, 7) is 7.89. The molecule has 1 aliphatic rings. The molecule has 0 saturated carbocycles. The van der Waals surface area contributed by atoms with Crippen LogP contribution in [-0.4, -0.2) is 72.1 Å². The molecule has 3 rings (SSSR count). The number of pyridine rings is 1. The van der Waals surface area contributed by atoms with Gasteiger partial charge in [-0.15, -0.1) is 0 Å². The molecule has 1 fully saturated rings. The summed E-state index contributed by atoms with van der Waals surface area (Å²) in [4.78, 5) is 28.2. The van der Waals surface area contributed by atoms with E-state index in [4.69, 9.17) is 21.1 Å². The van der Waals surface area contributed by atoms with Crippen molar-refractivity contribution in [3.8, 4) is 5.88 Å². The number of piperazine rings is 1. The average molecular weight is 446 g/mol. The molecule has 29 heavy (non-hydrogen) atoms. The van der Waals surface area contributed by atoms with Crippen LogP contribution in [0.5, 0.6) is 5.88 Å². The van der Waals surface area contributed by atoms with E-state index in [-0.39, 0.29) is 22.6 Å². The molecule has 1 amide bonds. The highest BCUT2D eigenvalue weighted by Gasteiger charge is 2.27. The van der Waals surface area contributed by atoms with Crippen molar-refractivity contribution in [1.29, 1.82) is 0 Å². The molecule has 0 spiro atoms. The number of carbonyl (C=O) groups excluding carboxylic acids is 1. The number of halogens is 2. The fourth-order valence-corrected chi connectivity index (χ4v) is 3.61. The van der Waals surface area contributed by atoms with E-state index in [1.807, 2.05) is 25.7 Å². The summed E-state index contributed by atoms with van der Waals surface area (Å²) < 4.78 is 24.7. The number of methoxy groups -OCH3 is 2. The minimum Gasteiger partial charge on any atom is -0.480 e. The Kier molecular flexibility index (Phi) is 8.51. The Morgan fingerprint density at radius 1 is 1.17 bits per heavy atom. The van der Waals surface area contributed by atoms with E-state index in [1.165, 1.54) is 26.0 Å². The third kappa shape index (κ3) is 4.92. The molecule has 0 unspecified atom stereocenters. The Morgan fingerprint density at radius 2 is 1.83 bits per heavy atom. The van der Waals surface area contributed by atoms with Crippen LogP contribution in [0.4, 0.5) is 15.0 Å². The molecular formula is C18H25ClFN5O3S. The zero-order chi connectivity index (χ0) is 21.6. The summed E-state index contributed by atoms with van der Waals surface area (Å²) in [7, 11) is 2.79. The number of amides is 1. The molecule has 1 aliphatic heterocycles. The molecule has 0 N–H and O–H groups in total. The number of anilines is 1. The number of fused-ring (bicyclic) bond motifs is 1. The number of thioether (sulfide) groups is 1. The first-order valence-corrected chi connectivity index (χ1v) is 10.7.